The number of hydrogen-bond donors (Lipinski definition) is 2. The van der Waals surface area contributed by atoms with E-state index in [4.69, 9.17) is 9.97 Å². The fourth-order valence-electron chi connectivity index (χ4n) is 4.42. The zero-order chi connectivity index (χ0) is 22.7. The third kappa shape index (κ3) is 5.04. The summed E-state index contributed by atoms with van der Waals surface area (Å²) in [6.45, 7) is 4.59. The average molecular weight is 441 g/mol. The third-order valence-electron chi connectivity index (χ3n) is 6.12. The first-order chi connectivity index (χ1) is 15.4. The molecule has 32 heavy (non-hydrogen) atoms. The molecule has 2 aliphatic rings. The minimum Gasteiger partial charge on any atom is -0.373 e. The van der Waals surface area contributed by atoms with Gasteiger partial charge in [0.05, 0.1) is 12.2 Å². The minimum absolute atomic E-state index is 0.0936. The lowest BCUT2D eigenvalue weighted by atomic mass is 9.96. The molecule has 0 bridgehead atoms. The standard InChI is InChI=1S/C23H29FN6O2/c1-15(31)30-10-3-4-16(12-30)22-27-20-9-11-29(13-19(20)23(25-2)28-22)14-21(32)26-18-7-5-17(24)6-8-18/h5-8,16H,3-4,9-14H2,1-2H3,(H,26,32)(H,25,27,28). The topological polar surface area (TPSA) is 90.5 Å². The molecule has 1 saturated heterocycles. The van der Waals surface area contributed by atoms with Gasteiger partial charge in [0, 0.05) is 63.7 Å². The predicted octanol–water partition coefficient (Wildman–Crippen LogP) is 2.38. The van der Waals surface area contributed by atoms with Gasteiger partial charge >= 0.3 is 0 Å². The number of carbonyl (C=O) groups is 2. The van der Waals surface area contributed by atoms with Crippen molar-refractivity contribution < 1.29 is 14.0 Å². The van der Waals surface area contributed by atoms with Gasteiger partial charge in [0.25, 0.3) is 0 Å². The zero-order valence-corrected chi connectivity index (χ0v) is 18.5. The highest BCUT2D eigenvalue weighted by Gasteiger charge is 2.29. The normalized spacial score (nSPS) is 18.7. The van der Waals surface area contributed by atoms with E-state index in [0.29, 0.717) is 25.3 Å². The average Bonchev–Trinajstić information content (AvgIpc) is 2.80. The van der Waals surface area contributed by atoms with Crippen molar-refractivity contribution in [2.24, 2.45) is 0 Å². The maximum absolute atomic E-state index is 13.1. The van der Waals surface area contributed by atoms with Gasteiger partial charge in [-0.3, -0.25) is 14.5 Å². The second-order valence-electron chi connectivity index (χ2n) is 8.43. The van der Waals surface area contributed by atoms with Crippen molar-refractivity contribution in [2.75, 3.05) is 43.9 Å². The number of nitrogens with one attached hydrogen (secondary N) is 2. The van der Waals surface area contributed by atoms with Crippen LogP contribution in [0, 0.1) is 5.82 Å². The number of likely N-dealkylation sites (tertiary alicyclic amines) is 1. The van der Waals surface area contributed by atoms with E-state index in [2.05, 4.69) is 15.5 Å². The van der Waals surface area contributed by atoms with Crippen molar-refractivity contribution in [1.82, 2.24) is 19.8 Å². The second-order valence-corrected chi connectivity index (χ2v) is 8.43. The summed E-state index contributed by atoms with van der Waals surface area (Å²) in [4.78, 5) is 37.9. The van der Waals surface area contributed by atoms with Gasteiger partial charge in [-0.15, -0.1) is 0 Å². The quantitative estimate of drug-likeness (QED) is 0.742. The molecule has 0 radical (unpaired) electrons. The zero-order valence-electron chi connectivity index (χ0n) is 18.5. The Labute approximate surface area is 187 Å². The van der Waals surface area contributed by atoms with E-state index in [0.717, 1.165) is 48.7 Å². The van der Waals surface area contributed by atoms with Crippen LogP contribution < -0.4 is 10.6 Å². The molecule has 1 fully saturated rings. The Bertz CT molecular complexity index is 979. The molecule has 2 N–H and O–H groups in total. The van der Waals surface area contributed by atoms with Crippen LogP contribution in [0.1, 0.15) is 42.8 Å². The van der Waals surface area contributed by atoms with E-state index in [1.54, 1.807) is 19.1 Å². The highest BCUT2D eigenvalue weighted by molar-refractivity contribution is 5.92. The van der Waals surface area contributed by atoms with Crippen LogP contribution in [0.5, 0.6) is 0 Å². The molecule has 0 aliphatic carbocycles. The van der Waals surface area contributed by atoms with Crippen molar-refractivity contribution in [3.63, 3.8) is 0 Å². The number of aromatic nitrogens is 2. The van der Waals surface area contributed by atoms with E-state index in [1.165, 1.54) is 12.1 Å². The fourth-order valence-corrected chi connectivity index (χ4v) is 4.42. The number of amides is 2. The number of rotatable bonds is 5. The molecule has 0 spiro atoms. The van der Waals surface area contributed by atoms with Gasteiger partial charge in [0.1, 0.15) is 17.5 Å². The van der Waals surface area contributed by atoms with Gasteiger partial charge in [0.15, 0.2) is 0 Å². The largest absolute Gasteiger partial charge is 0.373 e. The van der Waals surface area contributed by atoms with Crippen LogP contribution in [-0.2, 0) is 22.6 Å². The van der Waals surface area contributed by atoms with E-state index in [-0.39, 0.29) is 30.1 Å². The van der Waals surface area contributed by atoms with Gasteiger partial charge in [-0.05, 0) is 37.1 Å². The maximum Gasteiger partial charge on any atom is 0.238 e. The Hall–Kier alpha value is -3.07. The smallest absolute Gasteiger partial charge is 0.238 e. The first-order valence-electron chi connectivity index (χ1n) is 11.0. The Morgan fingerprint density at radius 2 is 1.97 bits per heavy atom. The predicted molar refractivity (Wildman–Crippen MR) is 120 cm³/mol. The lowest BCUT2D eigenvalue weighted by Crippen LogP contribution is -2.39. The second kappa shape index (κ2) is 9.60. The third-order valence-corrected chi connectivity index (χ3v) is 6.12. The molecular formula is C23H29FN6O2. The van der Waals surface area contributed by atoms with Crippen LogP contribution in [0.15, 0.2) is 24.3 Å². The highest BCUT2D eigenvalue weighted by atomic mass is 19.1. The SMILES string of the molecule is CNc1nc(C2CCCN(C(C)=O)C2)nc2c1CN(CC(=O)Nc1ccc(F)cc1)CC2. The molecule has 9 heteroatoms. The number of piperidine rings is 1. The highest BCUT2D eigenvalue weighted by Crippen LogP contribution is 2.30. The number of anilines is 2. The molecule has 2 aromatic rings. The summed E-state index contributed by atoms with van der Waals surface area (Å²) in [5, 5.41) is 6.00. The van der Waals surface area contributed by atoms with Crippen molar-refractivity contribution in [3.8, 4) is 0 Å². The van der Waals surface area contributed by atoms with Gasteiger partial charge < -0.3 is 15.5 Å². The summed E-state index contributed by atoms with van der Waals surface area (Å²) in [6, 6.07) is 5.74. The van der Waals surface area contributed by atoms with Crippen LogP contribution in [0.25, 0.3) is 0 Å². The van der Waals surface area contributed by atoms with Gasteiger partial charge in [0.2, 0.25) is 11.8 Å². The van der Waals surface area contributed by atoms with Gasteiger partial charge in [-0.25, -0.2) is 14.4 Å². The van der Waals surface area contributed by atoms with Crippen LogP contribution in [-0.4, -0.2) is 64.8 Å². The first kappa shape index (κ1) is 22.1. The maximum atomic E-state index is 13.1. The van der Waals surface area contributed by atoms with Crippen molar-refractivity contribution in [1.29, 1.82) is 0 Å². The van der Waals surface area contributed by atoms with Gasteiger partial charge in [-0.1, -0.05) is 0 Å². The molecule has 1 aromatic carbocycles. The molecule has 4 rings (SSSR count). The molecule has 2 amide bonds. The molecule has 170 valence electrons. The summed E-state index contributed by atoms with van der Waals surface area (Å²) >= 11 is 0. The molecule has 3 heterocycles. The summed E-state index contributed by atoms with van der Waals surface area (Å²) in [5.74, 6) is 1.34. The Morgan fingerprint density at radius 1 is 1.19 bits per heavy atom. The molecule has 2 aliphatic heterocycles. The number of carbonyl (C=O) groups excluding carboxylic acids is 2. The summed E-state index contributed by atoms with van der Waals surface area (Å²) in [6.07, 6.45) is 2.66. The van der Waals surface area contributed by atoms with E-state index >= 15 is 0 Å². The summed E-state index contributed by atoms with van der Waals surface area (Å²) < 4.78 is 13.1. The van der Waals surface area contributed by atoms with Crippen molar-refractivity contribution in [3.05, 3.63) is 47.2 Å². The van der Waals surface area contributed by atoms with Crippen LogP contribution in [0.3, 0.4) is 0 Å². The summed E-state index contributed by atoms with van der Waals surface area (Å²) in [7, 11) is 1.84. The molecule has 1 aromatic heterocycles. The molecule has 1 atom stereocenters. The minimum atomic E-state index is -0.336. The van der Waals surface area contributed by atoms with Crippen molar-refractivity contribution in [2.45, 2.75) is 38.6 Å². The summed E-state index contributed by atoms with van der Waals surface area (Å²) in [5.41, 5.74) is 2.59. The monoisotopic (exact) mass is 440 g/mol. The van der Waals surface area contributed by atoms with Crippen LogP contribution in [0.4, 0.5) is 15.9 Å². The van der Waals surface area contributed by atoms with E-state index < -0.39 is 0 Å². The van der Waals surface area contributed by atoms with Crippen LogP contribution >= 0.6 is 0 Å². The van der Waals surface area contributed by atoms with Crippen molar-refractivity contribution >= 4 is 23.3 Å². The molecule has 1 unspecified atom stereocenters. The van der Waals surface area contributed by atoms with Gasteiger partial charge in [-0.2, -0.15) is 0 Å². The first-order valence-corrected chi connectivity index (χ1v) is 11.0. The fraction of sp³-hybridized carbons (Fsp3) is 0.478. The number of nitrogens with zero attached hydrogens (tertiary/aromatic N) is 4. The number of hydrogen-bond acceptors (Lipinski definition) is 6. The van der Waals surface area contributed by atoms with Crippen LogP contribution in [0.2, 0.25) is 0 Å². The number of fused-ring (bicyclic) bond motifs is 1. The number of halogens is 1. The Morgan fingerprint density at radius 3 is 2.69 bits per heavy atom. The molecular weight excluding hydrogens is 411 g/mol. The Kier molecular flexibility index (Phi) is 6.64. The van der Waals surface area contributed by atoms with E-state index in [9.17, 15) is 14.0 Å². The lowest BCUT2D eigenvalue weighted by Gasteiger charge is -2.33. The Balaban J connectivity index is 1.44. The lowest BCUT2D eigenvalue weighted by molar-refractivity contribution is -0.130. The molecule has 0 saturated carbocycles. The number of benzene rings is 1. The van der Waals surface area contributed by atoms with E-state index in [1.807, 2.05) is 11.9 Å². The molecule has 8 nitrogen and oxygen atoms in total.